The Labute approximate surface area is 143 Å². The molecular weight excluding hydrogens is 329 g/mol. The molecule has 1 amide bonds. The van der Waals surface area contributed by atoms with Crippen molar-refractivity contribution < 1.29 is 19.1 Å². The largest absolute Gasteiger partial charge is 0.481 e. The van der Waals surface area contributed by atoms with Crippen LogP contribution in [-0.2, 0) is 4.79 Å². The molecule has 6 heteroatoms. The van der Waals surface area contributed by atoms with Gasteiger partial charge < -0.3 is 10.0 Å². The monoisotopic (exact) mass is 347 g/mol. The Morgan fingerprint density at radius 2 is 2.00 bits per heavy atom. The minimum absolute atomic E-state index is 0.123. The minimum atomic E-state index is -0.845. The highest BCUT2D eigenvalue weighted by molar-refractivity contribution is 7.17. The lowest BCUT2D eigenvalue weighted by atomic mass is 9.98. The summed E-state index contributed by atoms with van der Waals surface area (Å²) < 4.78 is 13.1. The molecule has 0 spiro atoms. The summed E-state index contributed by atoms with van der Waals surface area (Å²) in [6.45, 7) is 2.77. The van der Waals surface area contributed by atoms with Crippen LogP contribution in [0.25, 0.3) is 10.4 Å². The number of aryl methyl sites for hydroxylation is 1. The van der Waals surface area contributed by atoms with E-state index in [-0.39, 0.29) is 18.3 Å². The molecule has 0 saturated carbocycles. The molecule has 1 saturated heterocycles. The zero-order valence-electron chi connectivity index (χ0n) is 13.3. The number of nitrogens with zero attached hydrogens (tertiary/aromatic N) is 1. The topological polar surface area (TPSA) is 57.6 Å². The number of hydrogen-bond donors (Lipinski definition) is 1. The zero-order chi connectivity index (χ0) is 17.3. The zero-order valence-corrected chi connectivity index (χ0v) is 14.1. The number of hydrogen-bond acceptors (Lipinski definition) is 3. The molecule has 3 rings (SSSR count). The van der Waals surface area contributed by atoms with Crippen LogP contribution in [0.1, 0.15) is 28.1 Å². The number of benzene rings is 1. The second-order valence-electron chi connectivity index (χ2n) is 6.06. The number of carbonyl (C=O) groups is 2. The van der Waals surface area contributed by atoms with Crippen molar-refractivity contribution >= 4 is 23.2 Å². The molecule has 1 aliphatic rings. The van der Waals surface area contributed by atoms with Crippen molar-refractivity contribution in [3.63, 3.8) is 0 Å². The first kappa shape index (κ1) is 16.6. The van der Waals surface area contributed by atoms with Gasteiger partial charge in [0.1, 0.15) is 5.82 Å². The molecule has 0 radical (unpaired) electrons. The summed E-state index contributed by atoms with van der Waals surface area (Å²) in [6.07, 6.45) is 1.32. The van der Waals surface area contributed by atoms with Crippen molar-refractivity contribution in [2.75, 3.05) is 13.1 Å². The average Bonchev–Trinajstić information content (AvgIpc) is 2.97. The normalized spacial score (nSPS) is 17.8. The van der Waals surface area contributed by atoms with Gasteiger partial charge in [-0.15, -0.1) is 11.3 Å². The molecule has 0 bridgehead atoms. The first-order chi connectivity index (χ1) is 11.5. The third-order valence-corrected chi connectivity index (χ3v) is 5.57. The molecule has 0 aliphatic carbocycles. The molecule has 2 aromatic rings. The predicted octanol–water partition coefficient (Wildman–Crippen LogP) is 3.80. The number of likely N-dealkylation sites (tertiary alicyclic amines) is 1. The summed E-state index contributed by atoms with van der Waals surface area (Å²) in [4.78, 5) is 27.0. The Bertz CT molecular complexity index is 769. The maximum Gasteiger partial charge on any atom is 0.308 e. The Balaban J connectivity index is 1.82. The van der Waals surface area contributed by atoms with Crippen molar-refractivity contribution in [2.24, 2.45) is 5.92 Å². The number of thiophene rings is 1. The Hall–Kier alpha value is -2.21. The molecule has 2 heterocycles. The van der Waals surface area contributed by atoms with Crippen LogP contribution in [0, 0.1) is 18.7 Å². The van der Waals surface area contributed by atoms with Gasteiger partial charge in [-0.3, -0.25) is 9.59 Å². The number of halogens is 1. The number of carboxylic acids is 1. The number of piperidine rings is 1. The molecule has 1 unspecified atom stereocenters. The fourth-order valence-corrected chi connectivity index (χ4v) is 4.14. The van der Waals surface area contributed by atoms with Crippen LogP contribution in [0.5, 0.6) is 0 Å². The molecule has 1 aliphatic heterocycles. The second kappa shape index (κ2) is 6.73. The third kappa shape index (κ3) is 3.33. The van der Waals surface area contributed by atoms with Crippen LogP contribution in [0.2, 0.25) is 0 Å². The molecule has 1 fully saturated rings. The average molecular weight is 347 g/mol. The van der Waals surface area contributed by atoms with Crippen molar-refractivity contribution in [3.8, 4) is 10.4 Å². The van der Waals surface area contributed by atoms with Crippen LogP contribution in [0.4, 0.5) is 4.39 Å². The van der Waals surface area contributed by atoms with Gasteiger partial charge in [0.25, 0.3) is 5.91 Å². The Kier molecular flexibility index (Phi) is 4.66. The number of rotatable bonds is 3. The highest BCUT2D eigenvalue weighted by Gasteiger charge is 2.29. The molecule has 1 aromatic carbocycles. The van der Waals surface area contributed by atoms with Gasteiger partial charge in [-0.25, -0.2) is 4.39 Å². The fourth-order valence-electron chi connectivity index (χ4n) is 2.99. The van der Waals surface area contributed by atoms with Gasteiger partial charge in [-0.1, -0.05) is 12.1 Å². The molecule has 126 valence electrons. The van der Waals surface area contributed by atoms with Crippen molar-refractivity contribution in [1.82, 2.24) is 4.90 Å². The van der Waals surface area contributed by atoms with E-state index in [0.717, 1.165) is 16.0 Å². The molecule has 24 heavy (non-hydrogen) atoms. The van der Waals surface area contributed by atoms with Gasteiger partial charge >= 0.3 is 5.97 Å². The van der Waals surface area contributed by atoms with Crippen molar-refractivity contribution in [1.29, 1.82) is 0 Å². The van der Waals surface area contributed by atoms with Gasteiger partial charge in [-0.2, -0.15) is 0 Å². The standard InChI is InChI=1S/C18H18FNO3S/c1-11-9-15(24-16(11)12-4-6-14(19)7-5-12)17(21)20-8-2-3-13(10-20)18(22)23/h4-7,9,13H,2-3,8,10H2,1H3,(H,22,23). The summed E-state index contributed by atoms with van der Waals surface area (Å²) in [5.74, 6) is -1.75. The second-order valence-corrected chi connectivity index (χ2v) is 7.11. The van der Waals surface area contributed by atoms with Crippen LogP contribution in [0.15, 0.2) is 30.3 Å². The molecule has 1 N–H and O–H groups in total. The lowest BCUT2D eigenvalue weighted by Crippen LogP contribution is -2.42. The summed E-state index contributed by atoms with van der Waals surface area (Å²) >= 11 is 1.37. The molecule has 4 nitrogen and oxygen atoms in total. The lowest BCUT2D eigenvalue weighted by Gasteiger charge is -2.30. The predicted molar refractivity (Wildman–Crippen MR) is 90.7 cm³/mol. The van der Waals surface area contributed by atoms with E-state index in [9.17, 15) is 14.0 Å². The third-order valence-electron chi connectivity index (χ3n) is 4.29. The quantitative estimate of drug-likeness (QED) is 0.919. The van der Waals surface area contributed by atoms with E-state index in [1.807, 2.05) is 13.0 Å². The van der Waals surface area contributed by atoms with Crippen molar-refractivity contribution in [2.45, 2.75) is 19.8 Å². The van der Waals surface area contributed by atoms with Gasteiger partial charge in [-0.05, 0) is 49.1 Å². The van der Waals surface area contributed by atoms with Gasteiger partial charge in [0, 0.05) is 18.0 Å². The van der Waals surface area contributed by atoms with E-state index in [2.05, 4.69) is 0 Å². The van der Waals surface area contributed by atoms with E-state index in [1.54, 1.807) is 17.0 Å². The summed E-state index contributed by atoms with van der Waals surface area (Å²) in [5, 5.41) is 9.16. The molecular formula is C18H18FNO3S. The van der Waals surface area contributed by atoms with Gasteiger partial charge in [0.2, 0.25) is 0 Å². The van der Waals surface area contributed by atoms with Gasteiger partial charge in [0.15, 0.2) is 0 Å². The smallest absolute Gasteiger partial charge is 0.308 e. The van der Waals surface area contributed by atoms with Gasteiger partial charge in [0.05, 0.1) is 10.8 Å². The van der Waals surface area contributed by atoms with Crippen molar-refractivity contribution in [3.05, 3.63) is 46.6 Å². The SMILES string of the molecule is Cc1cc(C(=O)N2CCCC(C(=O)O)C2)sc1-c1ccc(F)cc1. The van der Waals surface area contributed by atoms with E-state index in [4.69, 9.17) is 5.11 Å². The van der Waals surface area contributed by atoms with Crippen LogP contribution in [-0.4, -0.2) is 35.0 Å². The van der Waals surface area contributed by atoms with Crippen LogP contribution < -0.4 is 0 Å². The number of carbonyl (C=O) groups excluding carboxylic acids is 1. The summed E-state index contributed by atoms with van der Waals surface area (Å²) in [6, 6.07) is 8.03. The number of amides is 1. The summed E-state index contributed by atoms with van der Waals surface area (Å²) in [7, 11) is 0. The molecule has 1 aromatic heterocycles. The fraction of sp³-hybridized carbons (Fsp3) is 0.333. The number of aliphatic carboxylic acids is 1. The highest BCUT2D eigenvalue weighted by atomic mass is 32.1. The first-order valence-electron chi connectivity index (χ1n) is 7.84. The van der Waals surface area contributed by atoms with E-state index in [1.165, 1.54) is 23.5 Å². The van der Waals surface area contributed by atoms with E-state index >= 15 is 0 Å². The summed E-state index contributed by atoms with van der Waals surface area (Å²) in [5.41, 5.74) is 1.83. The highest BCUT2D eigenvalue weighted by Crippen LogP contribution is 2.33. The van der Waals surface area contributed by atoms with Crippen LogP contribution >= 0.6 is 11.3 Å². The maximum absolute atomic E-state index is 13.1. The number of carboxylic acid groups (broad SMARTS) is 1. The van der Waals surface area contributed by atoms with Crippen LogP contribution in [0.3, 0.4) is 0 Å². The Morgan fingerprint density at radius 1 is 1.29 bits per heavy atom. The lowest BCUT2D eigenvalue weighted by molar-refractivity contribution is -0.143. The van der Waals surface area contributed by atoms with E-state index in [0.29, 0.717) is 24.3 Å². The molecule has 1 atom stereocenters. The maximum atomic E-state index is 13.1. The Morgan fingerprint density at radius 3 is 2.67 bits per heavy atom. The first-order valence-corrected chi connectivity index (χ1v) is 8.66. The minimum Gasteiger partial charge on any atom is -0.481 e. The van der Waals surface area contributed by atoms with E-state index < -0.39 is 11.9 Å².